The van der Waals surface area contributed by atoms with E-state index in [0.717, 1.165) is 46.5 Å². The van der Waals surface area contributed by atoms with E-state index in [9.17, 15) is 9.90 Å². The highest BCUT2D eigenvalue weighted by Crippen LogP contribution is 2.34. The standard InChI is InChI=1S/C28H32N2O3/c1-4-8-26(31)28-25(15-20(16-27(28)32)19-9-6-5-7-10-19)29-14-13-22-18(2)30-24-12-11-21(33-3)17-23(22)24/h5-7,9-12,17,20,30-31H,4,8,13-16H2,1-3H3/b28-26+,29-25?. The van der Waals surface area contributed by atoms with Crippen molar-refractivity contribution in [1.82, 2.24) is 4.98 Å². The second-order valence-electron chi connectivity index (χ2n) is 8.73. The molecule has 5 nitrogen and oxygen atoms in total. The van der Waals surface area contributed by atoms with Crippen molar-refractivity contribution in [3.8, 4) is 5.75 Å². The van der Waals surface area contributed by atoms with Gasteiger partial charge in [0.2, 0.25) is 0 Å². The maximum Gasteiger partial charge on any atom is 0.168 e. The molecular formula is C28H32N2O3. The fourth-order valence-corrected chi connectivity index (χ4v) is 4.80. The number of ketones is 1. The molecule has 1 unspecified atom stereocenters. The predicted octanol–water partition coefficient (Wildman–Crippen LogP) is 6.23. The SMILES string of the molecule is CCC/C(O)=C1\C(=O)CC(c2ccccc2)CC1=NCCc1c(C)[nH]c2ccc(OC)cc12. The number of carbonyl (C=O) groups is 1. The summed E-state index contributed by atoms with van der Waals surface area (Å²) in [5.74, 6) is 1.09. The first-order valence-corrected chi connectivity index (χ1v) is 11.7. The quantitative estimate of drug-likeness (QED) is 0.335. The molecule has 2 N–H and O–H groups in total. The summed E-state index contributed by atoms with van der Waals surface area (Å²) < 4.78 is 5.40. The molecule has 2 aromatic carbocycles. The third-order valence-corrected chi connectivity index (χ3v) is 6.48. The number of H-pyrrole nitrogens is 1. The van der Waals surface area contributed by atoms with Crippen LogP contribution in [0.25, 0.3) is 10.9 Å². The van der Waals surface area contributed by atoms with E-state index in [1.807, 2.05) is 37.3 Å². The Balaban J connectivity index is 1.63. The third kappa shape index (κ3) is 4.87. The number of ether oxygens (including phenoxy) is 1. The summed E-state index contributed by atoms with van der Waals surface area (Å²) in [5.41, 5.74) is 5.73. The maximum atomic E-state index is 13.1. The number of carbonyl (C=O) groups excluding carboxylic acids is 1. The summed E-state index contributed by atoms with van der Waals surface area (Å²) in [7, 11) is 1.67. The third-order valence-electron chi connectivity index (χ3n) is 6.48. The van der Waals surface area contributed by atoms with Crippen molar-refractivity contribution in [3.05, 3.63) is 76.7 Å². The van der Waals surface area contributed by atoms with Gasteiger partial charge in [-0.3, -0.25) is 9.79 Å². The fraction of sp³-hybridized carbons (Fsp3) is 0.357. The Morgan fingerprint density at radius 2 is 1.97 bits per heavy atom. The van der Waals surface area contributed by atoms with Gasteiger partial charge in [-0.15, -0.1) is 0 Å². The average Bonchev–Trinajstić information content (AvgIpc) is 3.13. The highest BCUT2D eigenvalue weighted by atomic mass is 16.5. The van der Waals surface area contributed by atoms with Gasteiger partial charge in [0.05, 0.1) is 12.7 Å². The number of methoxy groups -OCH3 is 1. The zero-order valence-electron chi connectivity index (χ0n) is 19.6. The molecule has 0 amide bonds. The van der Waals surface area contributed by atoms with Gasteiger partial charge in [0.1, 0.15) is 11.5 Å². The summed E-state index contributed by atoms with van der Waals surface area (Å²) in [6.07, 6.45) is 3.10. The van der Waals surface area contributed by atoms with Crippen LogP contribution in [0.4, 0.5) is 0 Å². The molecule has 33 heavy (non-hydrogen) atoms. The van der Waals surface area contributed by atoms with Crippen LogP contribution in [0, 0.1) is 6.92 Å². The molecule has 1 heterocycles. The van der Waals surface area contributed by atoms with Crippen molar-refractivity contribution in [1.29, 1.82) is 0 Å². The minimum atomic E-state index is -0.00665. The lowest BCUT2D eigenvalue weighted by Gasteiger charge is -2.26. The number of Topliss-reactive ketones (excluding diaryl/α,β-unsaturated/α-hetero) is 1. The van der Waals surface area contributed by atoms with Crippen molar-refractivity contribution in [3.63, 3.8) is 0 Å². The molecule has 3 aromatic rings. The first-order valence-electron chi connectivity index (χ1n) is 11.7. The largest absolute Gasteiger partial charge is 0.511 e. The number of aromatic nitrogens is 1. The number of allylic oxidation sites excluding steroid dienone is 2. The van der Waals surface area contributed by atoms with E-state index in [1.165, 1.54) is 5.56 Å². The number of aryl methyl sites for hydroxylation is 1. The Morgan fingerprint density at radius 3 is 2.70 bits per heavy atom. The molecule has 1 saturated carbocycles. The van der Waals surface area contributed by atoms with E-state index < -0.39 is 0 Å². The first kappa shape index (κ1) is 22.8. The normalized spacial score (nSPS) is 19.3. The van der Waals surface area contributed by atoms with E-state index in [0.29, 0.717) is 31.4 Å². The van der Waals surface area contributed by atoms with Gasteiger partial charge in [-0.2, -0.15) is 0 Å². The number of aromatic amines is 1. The maximum absolute atomic E-state index is 13.1. The molecular weight excluding hydrogens is 412 g/mol. The van der Waals surface area contributed by atoms with Crippen LogP contribution in [0.3, 0.4) is 0 Å². The van der Waals surface area contributed by atoms with Gasteiger partial charge in [0.25, 0.3) is 0 Å². The fourth-order valence-electron chi connectivity index (χ4n) is 4.80. The monoisotopic (exact) mass is 444 g/mol. The van der Waals surface area contributed by atoms with Gasteiger partial charge in [0, 0.05) is 41.7 Å². The molecule has 1 fully saturated rings. The van der Waals surface area contributed by atoms with Crippen LogP contribution in [0.2, 0.25) is 0 Å². The highest BCUT2D eigenvalue weighted by molar-refractivity contribution is 6.24. The second kappa shape index (κ2) is 10.1. The van der Waals surface area contributed by atoms with Crippen molar-refractivity contribution < 1.29 is 14.6 Å². The van der Waals surface area contributed by atoms with E-state index >= 15 is 0 Å². The number of aliphatic hydroxyl groups is 1. The highest BCUT2D eigenvalue weighted by Gasteiger charge is 2.32. The van der Waals surface area contributed by atoms with Gasteiger partial charge < -0.3 is 14.8 Å². The van der Waals surface area contributed by atoms with Crippen molar-refractivity contribution >= 4 is 22.4 Å². The number of benzene rings is 2. The number of fused-ring (bicyclic) bond motifs is 1. The number of rotatable bonds is 7. The van der Waals surface area contributed by atoms with Gasteiger partial charge >= 0.3 is 0 Å². The van der Waals surface area contributed by atoms with E-state index in [4.69, 9.17) is 9.73 Å². The molecule has 0 spiro atoms. The van der Waals surface area contributed by atoms with Gasteiger partial charge in [-0.1, -0.05) is 37.3 Å². The zero-order chi connectivity index (χ0) is 23.4. The topological polar surface area (TPSA) is 74.7 Å². The Bertz CT molecular complexity index is 1200. The Kier molecular flexibility index (Phi) is 6.97. The lowest BCUT2D eigenvalue weighted by molar-refractivity contribution is -0.116. The van der Waals surface area contributed by atoms with E-state index in [-0.39, 0.29) is 17.5 Å². The van der Waals surface area contributed by atoms with Gasteiger partial charge in [-0.05, 0) is 61.4 Å². The van der Waals surface area contributed by atoms with E-state index in [1.54, 1.807) is 7.11 Å². The first-order chi connectivity index (χ1) is 16.0. The molecule has 1 aromatic heterocycles. The van der Waals surface area contributed by atoms with Crippen molar-refractivity contribution in [2.45, 2.75) is 51.9 Å². The minimum absolute atomic E-state index is 0.00665. The van der Waals surface area contributed by atoms with Crippen LogP contribution in [0.5, 0.6) is 5.75 Å². The zero-order valence-corrected chi connectivity index (χ0v) is 19.6. The van der Waals surface area contributed by atoms with Crippen LogP contribution in [-0.4, -0.2) is 35.2 Å². The number of nitrogens with one attached hydrogen (secondary N) is 1. The minimum Gasteiger partial charge on any atom is -0.511 e. The van der Waals surface area contributed by atoms with Crippen LogP contribution in [0.1, 0.15) is 55.3 Å². The molecule has 1 aliphatic rings. The summed E-state index contributed by atoms with van der Waals surface area (Å²) in [5, 5.41) is 11.8. The van der Waals surface area contributed by atoms with Crippen LogP contribution in [-0.2, 0) is 11.2 Å². The Hall–Kier alpha value is -3.34. The lowest BCUT2D eigenvalue weighted by Crippen LogP contribution is -2.27. The molecule has 0 aliphatic heterocycles. The molecule has 0 bridgehead atoms. The second-order valence-corrected chi connectivity index (χ2v) is 8.73. The number of hydrogen-bond donors (Lipinski definition) is 2. The molecule has 4 rings (SSSR count). The number of hydrogen-bond acceptors (Lipinski definition) is 4. The van der Waals surface area contributed by atoms with Gasteiger partial charge in [0.15, 0.2) is 5.78 Å². The molecule has 1 atom stereocenters. The van der Waals surface area contributed by atoms with Crippen LogP contribution < -0.4 is 4.74 Å². The average molecular weight is 445 g/mol. The van der Waals surface area contributed by atoms with Gasteiger partial charge in [-0.25, -0.2) is 0 Å². The molecule has 0 saturated heterocycles. The number of aliphatic imine (C=N–C) groups is 1. The van der Waals surface area contributed by atoms with E-state index in [2.05, 4.69) is 30.1 Å². The lowest BCUT2D eigenvalue weighted by atomic mass is 9.78. The number of aliphatic hydroxyl groups excluding tert-OH is 1. The molecule has 172 valence electrons. The summed E-state index contributed by atoms with van der Waals surface area (Å²) in [6.45, 7) is 4.63. The van der Waals surface area contributed by atoms with Crippen LogP contribution in [0.15, 0.2) is 64.9 Å². The molecule has 1 aliphatic carbocycles. The summed E-state index contributed by atoms with van der Waals surface area (Å²) in [4.78, 5) is 21.4. The molecule has 0 radical (unpaired) electrons. The number of nitrogens with zero attached hydrogens (tertiary/aromatic N) is 1. The van der Waals surface area contributed by atoms with Crippen molar-refractivity contribution in [2.75, 3.05) is 13.7 Å². The van der Waals surface area contributed by atoms with Crippen LogP contribution >= 0.6 is 0 Å². The Morgan fingerprint density at radius 1 is 1.18 bits per heavy atom. The Labute approximate surface area is 195 Å². The van der Waals surface area contributed by atoms with Crippen molar-refractivity contribution in [2.24, 2.45) is 4.99 Å². The summed E-state index contributed by atoms with van der Waals surface area (Å²) >= 11 is 0. The predicted molar refractivity (Wildman–Crippen MR) is 134 cm³/mol. The molecule has 5 heteroatoms. The summed E-state index contributed by atoms with van der Waals surface area (Å²) in [6, 6.07) is 16.2. The smallest absolute Gasteiger partial charge is 0.168 e.